The summed E-state index contributed by atoms with van der Waals surface area (Å²) in [6, 6.07) is 22.6. The van der Waals surface area contributed by atoms with Gasteiger partial charge in [-0.1, -0.05) is 41.4 Å². The number of benzene rings is 3. The van der Waals surface area contributed by atoms with Crippen molar-refractivity contribution in [3.63, 3.8) is 0 Å². The van der Waals surface area contributed by atoms with Gasteiger partial charge in [-0.3, -0.25) is 9.69 Å². The number of ketones is 1. The smallest absolute Gasteiger partial charge is 0.161 e. The maximum Gasteiger partial charge on any atom is 0.161 e. The van der Waals surface area contributed by atoms with Crippen molar-refractivity contribution in [2.45, 2.75) is 56.6 Å². The molecule has 1 heterocycles. The highest BCUT2D eigenvalue weighted by Crippen LogP contribution is 2.47. The number of aryl methyl sites for hydroxylation is 2. The Bertz CT molecular complexity index is 1530. The average molecular weight is 540 g/mol. The lowest BCUT2D eigenvalue weighted by Crippen LogP contribution is -2.39. The van der Waals surface area contributed by atoms with E-state index in [4.69, 9.17) is 17.3 Å². The second-order valence-corrected chi connectivity index (χ2v) is 11.5. The van der Waals surface area contributed by atoms with Crippen LogP contribution in [0.25, 0.3) is 0 Å². The van der Waals surface area contributed by atoms with Crippen molar-refractivity contribution in [1.82, 2.24) is 0 Å². The van der Waals surface area contributed by atoms with Gasteiger partial charge in [0.2, 0.25) is 0 Å². The predicted octanol–water partition coefficient (Wildman–Crippen LogP) is 7.86. The number of Topliss-reactive ketones (excluding diaryl/α,β-unsaturated/α-hetero) is 1. The number of thioether (sulfide) groups is 1. The molecule has 0 saturated carbocycles. The van der Waals surface area contributed by atoms with Crippen LogP contribution in [0.2, 0.25) is 5.02 Å². The summed E-state index contributed by atoms with van der Waals surface area (Å²) in [5.41, 5.74) is 15.2. The number of hydrogen-bond donors (Lipinski definition) is 1. The van der Waals surface area contributed by atoms with E-state index in [1.54, 1.807) is 11.8 Å². The monoisotopic (exact) mass is 539 g/mol. The predicted molar refractivity (Wildman–Crippen MR) is 156 cm³/mol. The first-order valence-corrected chi connectivity index (χ1v) is 14.2. The molecule has 192 valence electrons. The molecular weight excluding hydrogens is 510 g/mol. The highest BCUT2D eigenvalue weighted by atomic mass is 35.5. The average Bonchev–Trinajstić information content (AvgIpc) is 2.89. The van der Waals surface area contributed by atoms with E-state index in [2.05, 4.69) is 38.1 Å². The molecule has 1 aliphatic carbocycles. The van der Waals surface area contributed by atoms with Crippen molar-refractivity contribution in [3.05, 3.63) is 116 Å². The van der Waals surface area contributed by atoms with Crippen LogP contribution in [0.1, 0.15) is 53.0 Å². The van der Waals surface area contributed by atoms with Crippen molar-refractivity contribution in [3.8, 4) is 6.07 Å². The van der Waals surface area contributed by atoms with Crippen LogP contribution in [0.3, 0.4) is 0 Å². The maximum atomic E-state index is 13.6. The summed E-state index contributed by atoms with van der Waals surface area (Å²) in [5, 5.41) is 11.1. The van der Waals surface area contributed by atoms with E-state index in [-0.39, 0.29) is 5.78 Å². The van der Waals surface area contributed by atoms with Crippen LogP contribution in [0, 0.1) is 32.1 Å². The third-order valence-electron chi connectivity index (χ3n) is 7.39. The molecule has 5 rings (SSSR count). The van der Waals surface area contributed by atoms with Crippen LogP contribution in [0.4, 0.5) is 5.69 Å². The molecule has 2 N–H and O–H groups in total. The quantitative estimate of drug-likeness (QED) is 0.334. The summed E-state index contributed by atoms with van der Waals surface area (Å²) >= 11 is 7.80. The van der Waals surface area contributed by atoms with Crippen molar-refractivity contribution in [2.75, 3.05) is 4.90 Å². The molecule has 4 nitrogen and oxygen atoms in total. The number of nitrogens with zero attached hydrogens (tertiary/aromatic N) is 2. The topological polar surface area (TPSA) is 70.1 Å². The molecule has 1 aliphatic heterocycles. The van der Waals surface area contributed by atoms with Gasteiger partial charge in [-0.2, -0.15) is 5.26 Å². The molecule has 1 unspecified atom stereocenters. The summed E-state index contributed by atoms with van der Waals surface area (Å²) in [5.74, 6) is 0.815. The number of hydrogen-bond acceptors (Lipinski definition) is 5. The number of rotatable bonds is 5. The van der Waals surface area contributed by atoms with Gasteiger partial charge in [0.25, 0.3) is 0 Å². The molecule has 1 atom stereocenters. The molecule has 2 aliphatic rings. The van der Waals surface area contributed by atoms with E-state index < -0.39 is 5.92 Å². The number of anilines is 1. The van der Waals surface area contributed by atoms with E-state index in [1.165, 1.54) is 5.56 Å². The number of nitriles is 1. The summed E-state index contributed by atoms with van der Waals surface area (Å²) in [7, 11) is 0. The van der Waals surface area contributed by atoms with Crippen molar-refractivity contribution in [1.29, 1.82) is 5.26 Å². The van der Waals surface area contributed by atoms with Crippen LogP contribution in [-0.4, -0.2) is 5.78 Å². The zero-order chi connectivity index (χ0) is 27.0. The number of halogens is 1. The molecular formula is C32H30ClN3OS. The van der Waals surface area contributed by atoms with Gasteiger partial charge in [-0.25, -0.2) is 0 Å². The summed E-state index contributed by atoms with van der Waals surface area (Å²) in [6.45, 7) is 6.19. The summed E-state index contributed by atoms with van der Waals surface area (Å²) in [4.78, 5) is 16.6. The van der Waals surface area contributed by atoms with Crippen molar-refractivity contribution < 1.29 is 4.79 Å². The lowest BCUT2D eigenvalue weighted by molar-refractivity contribution is -0.116. The van der Waals surface area contributed by atoms with Crippen LogP contribution < -0.4 is 10.6 Å². The molecule has 0 bridgehead atoms. The molecule has 3 aromatic carbocycles. The fourth-order valence-electron chi connectivity index (χ4n) is 5.56. The second-order valence-electron chi connectivity index (χ2n) is 10.0. The molecule has 0 fully saturated rings. The number of allylic oxidation sites excluding steroid dienone is 3. The van der Waals surface area contributed by atoms with Gasteiger partial charge in [0.15, 0.2) is 5.78 Å². The molecule has 3 aromatic rings. The first kappa shape index (κ1) is 26.2. The van der Waals surface area contributed by atoms with E-state index in [1.807, 2.05) is 54.3 Å². The van der Waals surface area contributed by atoms with Gasteiger partial charge in [-0.05, 0) is 92.3 Å². The van der Waals surface area contributed by atoms with Gasteiger partial charge < -0.3 is 5.73 Å². The zero-order valence-electron chi connectivity index (χ0n) is 21.8. The highest BCUT2D eigenvalue weighted by Gasteiger charge is 2.41. The normalized spacial score (nSPS) is 17.5. The van der Waals surface area contributed by atoms with Crippen LogP contribution in [-0.2, 0) is 10.5 Å². The van der Waals surface area contributed by atoms with Crippen LogP contribution in [0.5, 0.6) is 0 Å². The first-order valence-electron chi connectivity index (χ1n) is 12.8. The number of carbonyl (C=O) groups is 1. The van der Waals surface area contributed by atoms with Gasteiger partial charge in [0.1, 0.15) is 5.82 Å². The van der Waals surface area contributed by atoms with Gasteiger partial charge >= 0.3 is 0 Å². The minimum absolute atomic E-state index is 0.104. The Balaban J connectivity index is 1.63. The number of nitrogens with two attached hydrogens (primary N) is 1. The maximum absolute atomic E-state index is 13.6. The highest BCUT2D eigenvalue weighted by molar-refractivity contribution is 7.98. The van der Waals surface area contributed by atoms with Crippen molar-refractivity contribution >= 4 is 34.8 Å². The molecule has 0 saturated heterocycles. The minimum Gasteiger partial charge on any atom is -0.384 e. The molecule has 0 aromatic heterocycles. The van der Waals surface area contributed by atoms with Gasteiger partial charge in [0, 0.05) is 39.0 Å². The third-order valence-corrected chi connectivity index (χ3v) is 8.70. The standard InChI is InChI=1S/C32H30ClN3OS/c1-19-6-4-7-24(15-19)36-28-8-5-9-29(37)31(28)30(27(17-34)32(36)35)26-16-20(2)14-22(21(26)3)18-38-25-12-10-23(33)11-13-25/h4,6-7,10-16,30H,5,8-9,18,35H2,1-3H3. The van der Waals surface area contributed by atoms with Crippen molar-refractivity contribution in [2.24, 2.45) is 5.73 Å². The fourth-order valence-corrected chi connectivity index (χ4v) is 6.64. The Labute approximate surface area is 233 Å². The second kappa shape index (κ2) is 10.7. The molecule has 0 amide bonds. The van der Waals surface area contributed by atoms with E-state index in [0.29, 0.717) is 23.4 Å². The molecule has 0 radical (unpaired) electrons. The molecule has 6 heteroatoms. The Hall–Kier alpha value is -3.46. The molecule has 0 spiro atoms. The number of carbonyl (C=O) groups excluding carboxylic acids is 1. The minimum atomic E-state index is -0.469. The fraction of sp³-hybridized carbons (Fsp3) is 0.250. The molecule has 38 heavy (non-hydrogen) atoms. The SMILES string of the molecule is Cc1cccc(N2C(N)=C(C#N)C(c3cc(C)cc(CSc4ccc(Cl)cc4)c3C)C3=C2CCCC3=O)c1. The van der Waals surface area contributed by atoms with Crippen LogP contribution >= 0.6 is 23.4 Å². The first-order chi connectivity index (χ1) is 18.3. The Morgan fingerprint density at radius 1 is 1.05 bits per heavy atom. The van der Waals surface area contributed by atoms with E-state index in [9.17, 15) is 10.1 Å². The Morgan fingerprint density at radius 2 is 1.82 bits per heavy atom. The Kier molecular flexibility index (Phi) is 7.38. The summed E-state index contributed by atoms with van der Waals surface area (Å²) in [6.07, 6.45) is 2.01. The van der Waals surface area contributed by atoms with Gasteiger partial charge in [0.05, 0.1) is 17.6 Å². The summed E-state index contributed by atoms with van der Waals surface area (Å²) < 4.78 is 0. The lowest BCUT2D eigenvalue weighted by Gasteiger charge is -2.40. The lowest BCUT2D eigenvalue weighted by atomic mass is 9.73. The Morgan fingerprint density at radius 3 is 2.53 bits per heavy atom. The third kappa shape index (κ3) is 4.87. The van der Waals surface area contributed by atoms with E-state index in [0.717, 1.165) is 62.2 Å². The van der Waals surface area contributed by atoms with E-state index >= 15 is 0 Å². The largest absolute Gasteiger partial charge is 0.384 e. The zero-order valence-corrected chi connectivity index (χ0v) is 23.4. The van der Waals surface area contributed by atoms with Crippen LogP contribution in [0.15, 0.2) is 88.2 Å². The van der Waals surface area contributed by atoms with Gasteiger partial charge in [-0.15, -0.1) is 11.8 Å².